The number of aromatic nitrogens is 2. The molecule has 1 aliphatic carbocycles. The van der Waals surface area contributed by atoms with Gasteiger partial charge in [0.15, 0.2) is 0 Å². The first-order valence-corrected chi connectivity index (χ1v) is 10.6. The van der Waals surface area contributed by atoms with Crippen molar-refractivity contribution >= 4 is 28.6 Å². The van der Waals surface area contributed by atoms with Gasteiger partial charge in [-0.15, -0.1) is 22.7 Å². The average Bonchev–Trinajstić information content (AvgIpc) is 3.25. The molecule has 1 aromatic carbocycles. The minimum absolute atomic E-state index is 0.0384. The third-order valence-electron chi connectivity index (χ3n) is 4.54. The highest BCUT2D eigenvalue weighted by Crippen LogP contribution is 2.28. The lowest BCUT2D eigenvalue weighted by atomic mass is 10.0. The van der Waals surface area contributed by atoms with Gasteiger partial charge in [0.1, 0.15) is 9.88 Å². The molecule has 1 N–H and O–H groups in total. The number of aryl methyl sites for hydroxylation is 3. The van der Waals surface area contributed by atoms with Crippen molar-refractivity contribution in [3.05, 3.63) is 56.5 Å². The van der Waals surface area contributed by atoms with Crippen LogP contribution in [0, 0.1) is 6.92 Å². The molecule has 1 aliphatic rings. The summed E-state index contributed by atoms with van der Waals surface area (Å²) in [5.74, 6) is -0.0384. The number of nitrogens with zero attached hydrogens (tertiary/aromatic N) is 2. The fourth-order valence-corrected chi connectivity index (χ4v) is 5.33. The maximum absolute atomic E-state index is 12.5. The Bertz CT molecular complexity index is 891. The van der Waals surface area contributed by atoms with Gasteiger partial charge in [0.05, 0.1) is 16.4 Å². The summed E-state index contributed by atoms with van der Waals surface area (Å²) in [5, 5.41) is 5.06. The largest absolute Gasteiger partial charge is 0.351 e. The zero-order valence-electron chi connectivity index (χ0n) is 14.7. The van der Waals surface area contributed by atoms with Crippen LogP contribution in [0.5, 0.6) is 0 Å². The van der Waals surface area contributed by atoms with Crippen molar-refractivity contribution in [2.75, 3.05) is 6.54 Å². The zero-order valence-corrected chi connectivity index (χ0v) is 16.4. The van der Waals surface area contributed by atoms with E-state index in [1.807, 2.05) is 48.6 Å². The van der Waals surface area contributed by atoms with Crippen LogP contribution in [0.3, 0.4) is 0 Å². The van der Waals surface area contributed by atoms with Gasteiger partial charge in [0, 0.05) is 23.4 Å². The van der Waals surface area contributed by atoms with Crippen molar-refractivity contribution in [3.8, 4) is 10.6 Å². The topological polar surface area (TPSA) is 54.9 Å². The summed E-state index contributed by atoms with van der Waals surface area (Å²) < 4.78 is 0. The lowest BCUT2D eigenvalue weighted by Gasteiger charge is -2.06. The Morgan fingerprint density at radius 3 is 2.73 bits per heavy atom. The fraction of sp³-hybridized carbons (Fsp3) is 0.350. The fourth-order valence-electron chi connectivity index (χ4n) is 3.19. The van der Waals surface area contributed by atoms with Crippen molar-refractivity contribution in [3.63, 3.8) is 0 Å². The molecule has 0 saturated carbocycles. The molecule has 4 rings (SSSR count). The van der Waals surface area contributed by atoms with Gasteiger partial charge in [0.2, 0.25) is 0 Å². The van der Waals surface area contributed by atoms with Crippen molar-refractivity contribution in [2.24, 2.45) is 0 Å². The summed E-state index contributed by atoms with van der Waals surface area (Å²) in [7, 11) is 0. The molecule has 4 nitrogen and oxygen atoms in total. The van der Waals surface area contributed by atoms with E-state index < -0.39 is 0 Å². The first-order valence-electron chi connectivity index (χ1n) is 8.99. The van der Waals surface area contributed by atoms with Gasteiger partial charge < -0.3 is 5.32 Å². The molecule has 26 heavy (non-hydrogen) atoms. The molecule has 6 heteroatoms. The molecular formula is C20H21N3OS2. The van der Waals surface area contributed by atoms with Crippen LogP contribution < -0.4 is 5.32 Å². The Morgan fingerprint density at radius 1 is 1.12 bits per heavy atom. The van der Waals surface area contributed by atoms with Gasteiger partial charge in [0.25, 0.3) is 5.91 Å². The van der Waals surface area contributed by atoms with Crippen LogP contribution in [0.1, 0.15) is 43.8 Å². The Kier molecular flexibility index (Phi) is 5.13. The third-order valence-corrected chi connectivity index (χ3v) is 6.96. The first-order chi connectivity index (χ1) is 12.7. The number of amides is 1. The number of nitrogens with one attached hydrogen (secondary N) is 1. The van der Waals surface area contributed by atoms with E-state index in [0.717, 1.165) is 34.1 Å². The normalized spacial score (nSPS) is 13.4. The molecule has 0 unspecified atom stereocenters. The second-order valence-electron chi connectivity index (χ2n) is 6.49. The maximum atomic E-state index is 12.5. The van der Waals surface area contributed by atoms with E-state index in [0.29, 0.717) is 11.4 Å². The first kappa shape index (κ1) is 17.4. The maximum Gasteiger partial charge on any atom is 0.263 e. The average molecular weight is 384 g/mol. The van der Waals surface area contributed by atoms with E-state index >= 15 is 0 Å². The quantitative estimate of drug-likeness (QED) is 0.709. The molecule has 0 aliphatic heterocycles. The van der Waals surface area contributed by atoms with Crippen LogP contribution in [0.2, 0.25) is 0 Å². The summed E-state index contributed by atoms with van der Waals surface area (Å²) in [6, 6.07) is 9.99. The van der Waals surface area contributed by atoms with E-state index in [4.69, 9.17) is 4.98 Å². The van der Waals surface area contributed by atoms with Gasteiger partial charge in [-0.25, -0.2) is 9.97 Å². The number of carbonyl (C=O) groups excluding carboxylic acids is 1. The van der Waals surface area contributed by atoms with Crippen LogP contribution >= 0.6 is 22.7 Å². The van der Waals surface area contributed by atoms with E-state index in [1.165, 1.54) is 41.2 Å². The summed E-state index contributed by atoms with van der Waals surface area (Å²) in [6.45, 7) is 2.51. The van der Waals surface area contributed by atoms with Crippen molar-refractivity contribution in [1.82, 2.24) is 15.3 Å². The van der Waals surface area contributed by atoms with Gasteiger partial charge in [-0.05, 0) is 32.6 Å². The predicted molar refractivity (Wildman–Crippen MR) is 107 cm³/mol. The van der Waals surface area contributed by atoms with Crippen molar-refractivity contribution in [1.29, 1.82) is 0 Å². The molecule has 0 atom stereocenters. The number of fused-ring (bicyclic) bond motifs is 1. The number of rotatable bonds is 5. The van der Waals surface area contributed by atoms with Crippen LogP contribution in [-0.4, -0.2) is 22.4 Å². The number of hydrogen-bond acceptors (Lipinski definition) is 5. The molecule has 0 saturated heterocycles. The van der Waals surface area contributed by atoms with Gasteiger partial charge in [-0.1, -0.05) is 30.3 Å². The van der Waals surface area contributed by atoms with Crippen molar-refractivity contribution in [2.45, 2.75) is 39.0 Å². The highest BCUT2D eigenvalue weighted by atomic mass is 32.1. The van der Waals surface area contributed by atoms with E-state index in [2.05, 4.69) is 10.3 Å². The number of hydrogen-bond donors (Lipinski definition) is 1. The van der Waals surface area contributed by atoms with E-state index in [1.54, 1.807) is 0 Å². The smallest absolute Gasteiger partial charge is 0.263 e. The third kappa shape index (κ3) is 3.71. The minimum atomic E-state index is -0.0384. The summed E-state index contributed by atoms with van der Waals surface area (Å²) >= 11 is 3.27. The Balaban J connectivity index is 1.38. The van der Waals surface area contributed by atoms with Crippen molar-refractivity contribution < 1.29 is 4.79 Å². The lowest BCUT2D eigenvalue weighted by molar-refractivity contribution is 0.0957. The number of benzene rings is 1. The number of carbonyl (C=O) groups is 1. The Morgan fingerprint density at radius 2 is 1.92 bits per heavy atom. The van der Waals surface area contributed by atoms with Gasteiger partial charge in [-0.2, -0.15) is 0 Å². The van der Waals surface area contributed by atoms with Gasteiger partial charge >= 0.3 is 0 Å². The summed E-state index contributed by atoms with van der Waals surface area (Å²) in [4.78, 5) is 24.0. The lowest BCUT2D eigenvalue weighted by Crippen LogP contribution is -2.25. The SMILES string of the molecule is Cc1nc(-c2ccccc2)sc1C(=O)NCCc1nc2c(s1)CCCC2. The Hall–Kier alpha value is -2.05. The molecule has 0 spiro atoms. The zero-order chi connectivity index (χ0) is 17.9. The second kappa shape index (κ2) is 7.68. The van der Waals surface area contributed by atoms with Crippen LogP contribution in [0.4, 0.5) is 0 Å². The molecule has 0 fully saturated rings. The highest BCUT2D eigenvalue weighted by molar-refractivity contribution is 7.17. The monoisotopic (exact) mass is 383 g/mol. The summed E-state index contributed by atoms with van der Waals surface area (Å²) in [6.07, 6.45) is 5.61. The molecule has 2 heterocycles. The Labute approximate surface area is 161 Å². The van der Waals surface area contributed by atoms with E-state index in [9.17, 15) is 4.79 Å². The van der Waals surface area contributed by atoms with Gasteiger partial charge in [-0.3, -0.25) is 4.79 Å². The molecule has 3 aromatic rings. The second-order valence-corrected chi connectivity index (χ2v) is 8.66. The number of thiazole rings is 2. The molecule has 2 aromatic heterocycles. The standard InChI is InChI=1S/C20H21N3OS2/c1-13-18(26-20(22-13)14-7-3-2-4-8-14)19(24)21-12-11-17-23-15-9-5-6-10-16(15)25-17/h2-4,7-8H,5-6,9-12H2,1H3,(H,21,24). The molecule has 134 valence electrons. The highest BCUT2D eigenvalue weighted by Gasteiger charge is 2.17. The molecular weight excluding hydrogens is 362 g/mol. The van der Waals surface area contributed by atoms with Crippen LogP contribution in [0.15, 0.2) is 30.3 Å². The molecule has 0 bridgehead atoms. The minimum Gasteiger partial charge on any atom is -0.351 e. The van der Waals surface area contributed by atoms with E-state index in [-0.39, 0.29) is 5.91 Å². The van der Waals surface area contributed by atoms with Crippen LogP contribution in [-0.2, 0) is 19.3 Å². The molecule has 1 amide bonds. The summed E-state index contributed by atoms with van der Waals surface area (Å²) in [5.41, 5.74) is 3.12. The van der Waals surface area contributed by atoms with Crippen LogP contribution in [0.25, 0.3) is 10.6 Å². The predicted octanol–water partition coefficient (Wildman–Crippen LogP) is 4.43. The molecule has 0 radical (unpaired) electrons.